The van der Waals surface area contributed by atoms with Gasteiger partial charge in [-0.3, -0.25) is 19.3 Å². The highest BCUT2D eigenvalue weighted by Gasteiger charge is 2.31. The third-order valence-electron chi connectivity index (χ3n) is 6.57. The lowest BCUT2D eigenvalue weighted by molar-refractivity contribution is -0.121. The lowest BCUT2D eigenvalue weighted by atomic mass is 10.1. The maximum absolute atomic E-state index is 13.0. The first-order valence-corrected chi connectivity index (χ1v) is 12.0. The molecular weight excluding hydrogens is 440 g/mol. The first kappa shape index (κ1) is 21.7. The maximum Gasteiger partial charge on any atom is 0.289 e. The Bertz CT molecular complexity index is 1210. The van der Waals surface area contributed by atoms with E-state index in [0.717, 1.165) is 35.1 Å². The normalized spacial score (nSPS) is 17.2. The molecule has 3 N–H and O–H groups in total. The number of primary amides is 1. The molecule has 1 saturated heterocycles. The van der Waals surface area contributed by atoms with Crippen molar-refractivity contribution < 1.29 is 18.8 Å². The van der Waals surface area contributed by atoms with Crippen molar-refractivity contribution in [1.29, 1.82) is 0 Å². The second-order valence-corrected chi connectivity index (χ2v) is 9.67. The molecule has 1 atom stereocenters. The summed E-state index contributed by atoms with van der Waals surface area (Å²) >= 11 is 1.46. The monoisotopic (exact) mass is 466 g/mol. The van der Waals surface area contributed by atoms with E-state index in [4.69, 9.17) is 10.2 Å². The summed E-state index contributed by atoms with van der Waals surface area (Å²) in [5.74, 6) is -0.466. The van der Waals surface area contributed by atoms with E-state index in [1.165, 1.54) is 11.3 Å². The lowest BCUT2D eigenvalue weighted by Crippen LogP contribution is -2.54. The number of hydrogen-bond acceptors (Lipinski definition) is 6. The number of para-hydroxylation sites is 1. The molecule has 1 fully saturated rings. The van der Waals surface area contributed by atoms with Crippen molar-refractivity contribution in [1.82, 2.24) is 9.80 Å². The van der Waals surface area contributed by atoms with Gasteiger partial charge in [-0.2, -0.15) is 0 Å². The molecule has 5 rings (SSSR count). The highest BCUT2D eigenvalue weighted by atomic mass is 32.1. The fourth-order valence-electron chi connectivity index (χ4n) is 4.69. The number of hydrogen-bond donors (Lipinski definition) is 2. The standard InChI is InChI=1S/C24H26N4O4S/c1-14(22(30)26-23-20(21(25)29)16-6-4-8-19(16)33-23)27-9-11-28(12-10-27)24(31)18-13-15-5-2-3-7-17(15)32-18/h2-3,5,7,13-14H,4,6,8-12H2,1H3,(H2,25,29)(H,26,30). The fourth-order valence-corrected chi connectivity index (χ4v) is 5.99. The second-order valence-electron chi connectivity index (χ2n) is 8.57. The van der Waals surface area contributed by atoms with Gasteiger partial charge in [-0.1, -0.05) is 18.2 Å². The van der Waals surface area contributed by atoms with Gasteiger partial charge in [0.2, 0.25) is 5.91 Å². The minimum atomic E-state index is -0.491. The number of nitrogens with zero attached hydrogens (tertiary/aromatic N) is 2. The third-order valence-corrected chi connectivity index (χ3v) is 7.78. The Balaban J connectivity index is 1.21. The summed E-state index contributed by atoms with van der Waals surface area (Å²) in [5.41, 5.74) is 7.76. The van der Waals surface area contributed by atoms with Gasteiger partial charge in [-0.15, -0.1) is 11.3 Å². The van der Waals surface area contributed by atoms with Gasteiger partial charge in [-0.05, 0) is 43.9 Å². The molecule has 2 aromatic heterocycles. The summed E-state index contributed by atoms with van der Waals surface area (Å²) in [7, 11) is 0. The van der Waals surface area contributed by atoms with Crippen LogP contribution >= 0.6 is 11.3 Å². The maximum atomic E-state index is 13.0. The lowest BCUT2D eigenvalue weighted by Gasteiger charge is -2.37. The number of rotatable bonds is 5. The molecule has 8 nitrogen and oxygen atoms in total. The minimum Gasteiger partial charge on any atom is -0.451 e. The number of piperazine rings is 1. The summed E-state index contributed by atoms with van der Waals surface area (Å²) in [4.78, 5) is 42.8. The molecule has 3 amide bonds. The first-order valence-electron chi connectivity index (χ1n) is 11.2. The average molecular weight is 467 g/mol. The van der Waals surface area contributed by atoms with Crippen molar-refractivity contribution in [2.45, 2.75) is 32.2 Å². The van der Waals surface area contributed by atoms with Crippen molar-refractivity contribution in [2.75, 3.05) is 31.5 Å². The molecule has 1 aromatic carbocycles. The smallest absolute Gasteiger partial charge is 0.289 e. The number of aryl methyl sites for hydroxylation is 1. The zero-order chi connectivity index (χ0) is 23.1. The van der Waals surface area contributed by atoms with Gasteiger partial charge >= 0.3 is 0 Å². The molecule has 172 valence electrons. The van der Waals surface area contributed by atoms with Crippen molar-refractivity contribution in [2.24, 2.45) is 5.73 Å². The number of carbonyl (C=O) groups excluding carboxylic acids is 3. The molecule has 33 heavy (non-hydrogen) atoms. The van der Waals surface area contributed by atoms with Crippen LogP contribution in [0.1, 0.15) is 44.7 Å². The van der Waals surface area contributed by atoms with Gasteiger partial charge in [0.05, 0.1) is 11.6 Å². The highest BCUT2D eigenvalue weighted by Crippen LogP contribution is 2.39. The molecule has 0 bridgehead atoms. The highest BCUT2D eigenvalue weighted by molar-refractivity contribution is 7.17. The number of fused-ring (bicyclic) bond motifs is 2. The van der Waals surface area contributed by atoms with Crippen molar-refractivity contribution in [3.8, 4) is 0 Å². The number of nitrogens with one attached hydrogen (secondary N) is 1. The van der Waals surface area contributed by atoms with E-state index in [1.54, 1.807) is 11.0 Å². The van der Waals surface area contributed by atoms with Crippen LogP contribution in [0.5, 0.6) is 0 Å². The molecule has 0 spiro atoms. The van der Waals surface area contributed by atoms with Crippen molar-refractivity contribution in [3.63, 3.8) is 0 Å². The Morgan fingerprint density at radius 2 is 1.88 bits per heavy atom. The number of nitrogens with two attached hydrogens (primary N) is 1. The Morgan fingerprint density at radius 3 is 2.61 bits per heavy atom. The van der Waals surface area contributed by atoms with E-state index in [2.05, 4.69) is 5.32 Å². The van der Waals surface area contributed by atoms with Crippen LogP contribution < -0.4 is 11.1 Å². The van der Waals surface area contributed by atoms with Crippen LogP contribution in [0.15, 0.2) is 34.7 Å². The predicted octanol–water partition coefficient (Wildman–Crippen LogP) is 2.87. The summed E-state index contributed by atoms with van der Waals surface area (Å²) < 4.78 is 5.71. The first-order chi connectivity index (χ1) is 15.9. The van der Waals surface area contributed by atoms with Crippen LogP contribution in [0, 0.1) is 0 Å². The Hall–Kier alpha value is -3.17. The number of anilines is 1. The van der Waals surface area contributed by atoms with Gasteiger partial charge in [0, 0.05) is 36.4 Å². The summed E-state index contributed by atoms with van der Waals surface area (Å²) in [5, 5.41) is 4.40. The van der Waals surface area contributed by atoms with Gasteiger partial charge in [0.25, 0.3) is 11.8 Å². The van der Waals surface area contributed by atoms with Crippen LogP contribution in [0.4, 0.5) is 5.00 Å². The van der Waals surface area contributed by atoms with Crippen LogP contribution in [0.2, 0.25) is 0 Å². The minimum absolute atomic E-state index is 0.137. The SMILES string of the molecule is CC(C(=O)Nc1sc2c(c1C(N)=O)CCC2)N1CCN(C(=O)c2cc3ccccc3o2)CC1. The summed E-state index contributed by atoms with van der Waals surface area (Å²) in [6.45, 7) is 4.01. The molecule has 0 radical (unpaired) electrons. The molecule has 3 aromatic rings. The van der Waals surface area contributed by atoms with E-state index in [1.807, 2.05) is 36.1 Å². The molecule has 1 aliphatic carbocycles. The average Bonchev–Trinajstić information content (AvgIpc) is 3.52. The van der Waals surface area contributed by atoms with Gasteiger partial charge in [0.1, 0.15) is 10.6 Å². The van der Waals surface area contributed by atoms with Crippen LogP contribution in [0.25, 0.3) is 11.0 Å². The fraction of sp³-hybridized carbons (Fsp3) is 0.375. The van der Waals surface area contributed by atoms with Crippen molar-refractivity contribution >= 4 is 45.0 Å². The molecule has 9 heteroatoms. The largest absolute Gasteiger partial charge is 0.451 e. The molecule has 2 aliphatic rings. The van der Waals surface area contributed by atoms with Crippen LogP contribution in [-0.2, 0) is 17.6 Å². The van der Waals surface area contributed by atoms with Gasteiger partial charge in [0.15, 0.2) is 5.76 Å². The number of furan rings is 1. The topological polar surface area (TPSA) is 109 Å². The molecule has 0 saturated carbocycles. The van der Waals surface area contributed by atoms with Gasteiger partial charge in [-0.25, -0.2) is 0 Å². The summed E-state index contributed by atoms with van der Waals surface area (Å²) in [6, 6.07) is 8.92. The van der Waals surface area contributed by atoms with E-state index in [9.17, 15) is 14.4 Å². The molecular formula is C24H26N4O4S. The zero-order valence-electron chi connectivity index (χ0n) is 18.4. The van der Waals surface area contributed by atoms with Crippen LogP contribution in [0.3, 0.4) is 0 Å². The van der Waals surface area contributed by atoms with E-state index in [-0.39, 0.29) is 11.8 Å². The number of benzene rings is 1. The summed E-state index contributed by atoms with van der Waals surface area (Å²) in [6.07, 6.45) is 2.77. The zero-order valence-corrected chi connectivity index (χ0v) is 19.2. The van der Waals surface area contributed by atoms with E-state index >= 15 is 0 Å². The number of amides is 3. The Morgan fingerprint density at radius 1 is 1.12 bits per heavy atom. The quantitative estimate of drug-likeness (QED) is 0.601. The predicted molar refractivity (Wildman–Crippen MR) is 127 cm³/mol. The Labute approximate surface area is 195 Å². The van der Waals surface area contributed by atoms with E-state index in [0.29, 0.717) is 48.1 Å². The van der Waals surface area contributed by atoms with Crippen molar-refractivity contribution in [3.05, 3.63) is 52.1 Å². The van der Waals surface area contributed by atoms with E-state index < -0.39 is 11.9 Å². The second kappa shape index (κ2) is 8.64. The molecule has 1 aliphatic heterocycles. The van der Waals surface area contributed by atoms with Gasteiger partial charge < -0.3 is 20.4 Å². The molecule has 3 heterocycles. The van der Waals surface area contributed by atoms with Crippen LogP contribution in [-0.4, -0.2) is 59.7 Å². The third kappa shape index (κ3) is 4.02. The number of thiophene rings is 1. The molecule has 1 unspecified atom stereocenters. The Kier molecular flexibility index (Phi) is 5.67. The number of carbonyl (C=O) groups is 3.